The molecule has 0 unspecified atom stereocenters. The first-order valence-electron chi connectivity index (χ1n) is 3.30. The minimum atomic E-state index is -0.833. The van der Waals surface area contributed by atoms with Crippen molar-refractivity contribution in [2.45, 2.75) is 6.92 Å². The second-order valence-electron chi connectivity index (χ2n) is 2.13. The third-order valence-electron chi connectivity index (χ3n) is 0.946. The van der Waals surface area contributed by atoms with Crippen molar-refractivity contribution < 1.29 is 9.90 Å². The number of hydrogen-bond donors (Lipinski definition) is 1. The van der Waals surface area contributed by atoms with Crippen LogP contribution >= 0.6 is 11.6 Å². The topological polar surface area (TPSA) is 50.2 Å². The molecule has 0 aliphatic rings. The van der Waals surface area contributed by atoms with Crippen LogP contribution in [0, 0.1) is 0 Å². The first-order chi connectivity index (χ1) is 5.54. The Morgan fingerprint density at radius 2 is 2.25 bits per heavy atom. The predicted molar refractivity (Wildman–Crippen MR) is 47.9 cm³/mol. The van der Waals surface area contributed by atoms with Gasteiger partial charge in [0.15, 0.2) is 0 Å². The Hall–Kier alpha value is -0.0900. The number of aromatic nitrogens is 1. The van der Waals surface area contributed by atoms with Crippen LogP contribution in [0.2, 0.25) is 5.15 Å². The fourth-order valence-corrected chi connectivity index (χ4v) is 0.907. The van der Waals surface area contributed by atoms with Gasteiger partial charge >= 0.3 is 70.8 Å². The van der Waals surface area contributed by atoms with E-state index in [1.165, 1.54) is 0 Å². The van der Waals surface area contributed by atoms with Crippen LogP contribution in [0.15, 0.2) is 18.3 Å². The summed E-state index contributed by atoms with van der Waals surface area (Å²) in [5.74, 6) is -0.833. The van der Waals surface area contributed by atoms with Crippen molar-refractivity contribution >= 4 is 48.3 Å². The van der Waals surface area contributed by atoms with Crippen molar-refractivity contribution in [3.05, 3.63) is 23.5 Å². The summed E-state index contributed by atoms with van der Waals surface area (Å²) in [4.78, 5) is 12.9. The zero-order valence-corrected chi connectivity index (χ0v) is 9.67. The number of hydrogen-bond acceptors (Lipinski definition) is 2. The Labute approximate surface area is 93.2 Å². The normalized spacial score (nSPS) is 8.33. The minimum absolute atomic E-state index is 0.652. The summed E-state index contributed by atoms with van der Waals surface area (Å²) in [6, 6.07) is 3.88. The molecular formula is C7H7ClNNaO2. The molecule has 1 aromatic rings. The van der Waals surface area contributed by atoms with Gasteiger partial charge in [0.1, 0.15) is 0 Å². The number of pyridine rings is 1. The van der Waals surface area contributed by atoms with Gasteiger partial charge in [0.2, 0.25) is 0 Å². The fraction of sp³-hybridized carbons (Fsp3) is 0.143. The van der Waals surface area contributed by atoms with E-state index >= 15 is 0 Å². The molecule has 3 nitrogen and oxygen atoms in total. The number of rotatable bonds is 0. The van der Waals surface area contributed by atoms with E-state index in [1.807, 2.05) is 12.1 Å². The van der Waals surface area contributed by atoms with E-state index in [0.29, 0.717) is 5.15 Å². The fourth-order valence-electron chi connectivity index (χ4n) is 0.466. The molecular weight excluding hydrogens is 189 g/mol. The van der Waals surface area contributed by atoms with Crippen LogP contribution in [0.1, 0.15) is 6.92 Å². The second-order valence-corrected chi connectivity index (χ2v) is 3.57. The molecule has 1 rings (SSSR count). The van der Waals surface area contributed by atoms with Crippen LogP contribution < -0.4 is 2.81 Å². The number of carbonyl (C=O) groups is 1. The summed E-state index contributed by atoms with van der Waals surface area (Å²) in [5, 5.41) is 8.07. The van der Waals surface area contributed by atoms with E-state index in [4.69, 9.17) is 21.5 Å². The molecule has 60 valence electrons. The third-order valence-corrected chi connectivity index (χ3v) is 2.47. The number of carboxylic acid groups (broad SMARTS) is 1. The maximum absolute atomic E-state index is 9.00. The van der Waals surface area contributed by atoms with Crippen LogP contribution in [0.25, 0.3) is 0 Å². The molecule has 12 heavy (non-hydrogen) atoms. The first kappa shape index (κ1) is 11.9. The molecule has 1 heterocycles. The Balaban J connectivity index is 0.000000261. The van der Waals surface area contributed by atoms with Gasteiger partial charge in [-0.3, -0.25) is 4.79 Å². The molecule has 5 heteroatoms. The van der Waals surface area contributed by atoms with Crippen molar-refractivity contribution in [2.75, 3.05) is 0 Å². The van der Waals surface area contributed by atoms with E-state index in [-0.39, 0.29) is 0 Å². The van der Waals surface area contributed by atoms with Crippen LogP contribution in [0.3, 0.4) is 0 Å². The van der Waals surface area contributed by atoms with Crippen molar-refractivity contribution in [1.82, 2.24) is 4.98 Å². The van der Waals surface area contributed by atoms with Crippen molar-refractivity contribution in [3.63, 3.8) is 0 Å². The van der Waals surface area contributed by atoms with E-state index in [1.54, 1.807) is 6.20 Å². The molecule has 0 saturated heterocycles. The van der Waals surface area contributed by atoms with E-state index in [0.717, 1.165) is 37.7 Å². The molecule has 0 atom stereocenters. The average Bonchev–Trinajstić information content (AvgIpc) is 1.94. The molecule has 0 saturated carbocycles. The van der Waals surface area contributed by atoms with Gasteiger partial charge < -0.3 is 5.11 Å². The van der Waals surface area contributed by atoms with E-state index in [9.17, 15) is 0 Å². The van der Waals surface area contributed by atoms with Gasteiger partial charge in [0.05, 0.1) is 0 Å². The SMILES string of the molecule is CC(=O)O.[Na][c]1cccnc1Cl. The summed E-state index contributed by atoms with van der Waals surface area (Å²) in [6.45, 7) is 1.08. The van der Waals surface area contributed by atoms with Gasteiger partial charge in [-0.1, -0.05) is 0 Å². The molecule has 0 amide bonds. The summed E-state index contributed by atoms with van der Waals surface area (Å²) in [5.41, 5.74) is 0. The number of halogens is 1. The van der Waals surface area contributed by atoms with Crippen LogP contribution in [-0.2, 0) is 4.79 Å². The zero-order chi connectivity index (χ0) is 9.56. The standard InChI is InChI=1S/C5H3ClN.C2H4O2.Na/c6-5-3-1-2-4-7-5;1-2(3)4;/h1-2,4H;1H3,(H,3,4);. The summed E-state index contributed by atoms with van der Waals surface area (Å²) >= 11 is 6.61. The molecule has 1 aromatic heterocycles. The summed E-state index contributed by atoms with van der Waals surface area (Å²) in [7, 11) is 0. The summed E-state index contributed by atoms with van der Waals surface area (Å²) in [6.07, 6.45) is 1.70. The third kappa shape index (κ3) is 6.61. The first-order valence-corrected chi connectivity index (χ1v) is 4.68. The maximum atomic E-state index is 9.00. The summed E-state index contributed by atoms with van der Waals surface area (Å²) < 4.78 is 1.16. The monoisotopic (exact) mass is 195 g/mol. The quantitative estimate of drug-likeness (QED) is 0.488. The second kappa shape index (κ2) is 6.43. The molecule has 0 aliphatic carbocycles. The molecule has 0 bridgehead atoms. The Bertz CT molecular complexity index is 242. The van der Waals surface area contributed by atoms with Gasteiger partial charge in [-0.15, -0.1) is 0 Å². The number of nitrogens with zero attached hydrogens (tertiary/aromatic N) is 1. The number of aliphatic carboxylic acids is 1. The van der Waals surface area contributed by atoms with E-state index in [2.05, 4.69) is 4.98 Å². The molecule has 0 spiro atoms. The molecule has 0 fully saturated rings. The van der Waals surface area contributed by atoms with Gasteiger partial charge in [-0.05, 0) is 0 Å². The Morgan fingerprint density at radius 1 is 1.75 bits per heavy atom. The van der Waals surface area contributed by atoms with Gasteiger partial charge in [-0.2, -0.15) is 0 Å². The Kier molecular flexibility index (Phi) is 6.38. The van der Waals surface area contributed by atoms with Gasteiger partial charge in [-0.25, -0.2) is 0 Å². The average molecular weight is 196 g/mol. The molecule has 0 radical (unpaired) electrons. The Morgan fingerprint density at radius 3 is 2.50 bits per heavy atom. The van der Waals surface area contributed by atoms with Crippen LogP contribution in [0.4, 0.5) is 0 Å². The van der Waals surface area contributed by atoms with Crippen LogP contribution in [0.5, 0.6) is 0 Å². The van der Waals surface area contributed by atoms with Crippen molar-refractivity contribution in [2.24, 2.45) is 0 Å². The zero-order valence-electron chi connectivity index (χ0n) is 6.91. The van der Waals surface area contributed by atoms with Crippen molar-refractivity contribution in [1.29, 1.82) is 0 Å². The number of carboxylic acids is 1. The molecule has 0 aromatic carbocycles. The molecule has 0 aliphatic heterocycles. The molecule has 1 N–H and O–H groups in total. The predicted octanol–water partition coefficient (Wildman–Crippen LogP) is 0.620. The van der Waals surface area contributed by atoms with Gasteiger partial charge in [0.25, 0.3) is 5.97 Å². The van der Waals surface area contributed by atoms with Gasteiger partial charge in [0, 0.05) is 6.92 Å². The van der Waals surface area contributed by atoms with E-state index < -0.39 is 5.97 Å². The van der Waals surface area contributed by atoms with Crippen LogP contribution in [-0.4, -0.2) is 44.0 Å². The van der Waals surface area contributed by atoms with Crippen molar-refractivity contribution in [3.8, 4) is 0 Å².